The minimum Gasteiger partial charge on any atom is -0.285 e. The molecule has 9 nitrogen and oxygen atoms in total. The normalized spacial score (nSPS) is 11.0. The summed E-state index contributed by atoms with van der Waals surface area (Å²) in [5, 5.41) is 18.8. The molecule has 3 aromatic heterocycles. The second-order valence-electron chi connectivity index (χ2n) is 7.77. The summed E-state index contributed by atoms with van der Waals surface area (Å²) in [6.07, 6.45) is 3.18. The van der Waals surface area contributed by atoms with Crippen LogP contribution in [-0.2, 0) is 13.0 Å². The van der Waals surface area contributed by atoms with Crippen LogP contribution in [0.3, 0.4) is 0 Å². The van der Waals surface area contributed by atoms with E-state index in [4.69, 9.17) is 0 Å². The molecular weight excluding hydrogens is 428 g/mol. The molecule has 5 aromatic rings. The Morgan fingerprint density at radius 3 is 2.47 bits per heavy atom. The largest absolute Gasteiger partial charge is 0.285 e. The standard InChI is InChI=1S/C25H22N8O/c1-2-14-33-22(27-25(30-33)23(34)17-8-4-3-5-9-17)15-19-13-12-18(16-26-19)20-10-6-7-11-21(20)24-28-31-32-29-24/h3-13,16H,2,14-15H2,1H3,(H,28,29,31,32). The molecule has 3 heterocycles. The van der Waals surface area contributed by atoms with E-state index in [0.29, 0.717) is 30.2 Å². The quantitative estimate of drug-likeness (QED) is 0.358. The fraction of sp³-hybridized carbons (Fsp3) is 0.160. The van der Waals surface area contributed by atoms with Crippen molar-refractivity contribution >= 4 is 5.78 Å². The summed E-state index contributed by atoms with van der Waals surface area (Å²) in [5.74, 6) is 1.27. The first kappa shape index (κ1) is 21.3. The first-order valence-electron chi connectivity index (χ1n) is 11.0. The number of nitrogens with zero attached hydrogens (tertiary/aromatic N) is 7. The Morgan fingerprint density at radius 1 is 0.971 bits per heavy atom. The van der Waals surface area contributed by atoms with Crippen molar-refractivity contribution < 1.29 is 4.79 Å². The fourth-order valence-electron chi connectivity index (χ4n) is 3.77. The highest BCUT2D eigenvalue weighted by Gasteiger charge is 2.18. The molecule has 0 unspecified atom stereocenters. The van der Waals surface area contributed by atoms with Crippen molar-refractivity contribution in [3.05, 3.63) is 95.8 Å². The van der Waals surface area contributed by atoms with Crippen LogP contribution in [0.4, 0.5) is 0 Å². The molecule has 0 saturated carbocycles. The van der Waals surface area contributed by atoms with Crippen molar-refractivity contribution in [3.63, 3.8) is 0 Å². The highest BCUT2D eigenvalue weighted by Crippen LogP contribution is 2.29. The predicted octanol–water partition coefficient (Wildman–Crippen LogP) is 3.75. The molecule has 0 bridgehead atoms. The molecule has 0 fully saturated rings. The van der Waals surface area contributed by atoms with E-state index in [0.717, 1.165) is 28.8 Å². The van der Waals surface area contributed by atoms with E-state index in [-0.39, 0.29) is 11.6 Å². The molecule has 168 valence electrons. The highest BCUT2D eigenvalue weighted by atomic mass is 16.1. The van der Waals surface area contributed by atoms with Gasteiger partial charge in [0.15, 0.2) is 0 Å². The molecule has 0 aliphatic carbocycles. The van der Waals surface area contributed by atoms with E-state index in [9.17, 15) is 4.79 Å². The van der Waals surface area contributed by atoms with Gasteiger partial charge in [0, 0.05) is 41.5 Å². The maximum Gasteiger partial charge on any atom is 0.232 e. The van der Waals surface area contributed by atoms with Crippen molar-refractivity contribution in [2.75, 3.05) is 0 Å². The van der Waals surface area contributed by atoms with Crippen molar-refractivity contribution in [2.45, 2.75) is 26.3 Å². The van der Waals surface area contributed by atoms with Gasteiger partial charge in [0.2, 0.25) is 17.4 Å². The molecule has 0 saturated heterocycles. The predicted molar refractivity (Wildman–Crippen MR) is 126 cm³/mol. The Bertz CT molecular complexity index is 1390. The summed E-state index contributed by atoms with van der Waals surface area (Å²) in [6.45, 7) is 2.75. The maximum absolute atomic E-state index is 12.8. The van der Waals surface area contributed by atoms with Crippen LogP contribution in [0.15, 0.2) is 72.9 Å². The van der Waals surface area contributed by atoms with Crippen LogP contribution in [0, 0.1) is 0 Å². The summed E-state index contributed by atoms with van der Waals surface area (Å²) in [6, 6.07) is 20.9. The van der Waals surface area contributed by atoms with Crippen LogP contribution in [0.5, 0.6) is 0 Å². The van der Waals surface area contributed by atoms with Crippen LogP contribution >= 0.6 is 0 Å². The van der Waals surface area contributed by atoms with Gasteiger partial charge in [-0.15, -0.1) is 15.3 Å². The first-order chi connectivity index (χ1) is 16.7. The van der Waals surface area contributed by atoms with Crippen molar-refractivity contribution in [1.82, 2.24) is 40.4 Å². The molecule has 5 rings (SSSR count). The number of carbonyl (C=O) groups excluding carboxylic acids is 1. The maximum atomic E-state index is 12.8. The zero-order valence-corrected chi connectivity index (χ0v) is 18.6. The number of aryl methyl sites for hydroxylation is 1. The Balaban J connectivity index is 1.41. The number of hydrogen-bond acceptors (Lipinski definition) is 7. The number of aromatic amines is 1. The molecule has 0 aliphatic heterocycles. The van der Waals surface area contributed by atoms with Gasteiger partial charge in [0.05, 0.1) is 0 Å². The fourth-order valence-corrected chi connectivity index (χ4v) is 3.77. The number of aromatic nitrogens is 8. The number of pyridine rings is 1. The average Bonchev–Trinajstić information content (AvgIpc) is 3.56. The lowest BCUT2D eigenvalue weighted by molar-refractivity contribution is 0.102. The number of ketones is 1. The van der Waals surface area contributed by atoms with Crippen molar-refractivity contribution in [2.24, 2.45) is 0 Å². The highest BCUT2D eigenvalue weighted by molar-refractivity contribution is 6.06. The molecule has 0 radical (unpaired) electrons. The van der Waals surface area contributed by atoms with Crippen LogP contribution in [0.25, 0.3) is 22.5 Å². The lowest BCUT2D eigenvalue weighted by Gasteiger charge is -2.08. The Labute approximate surface area is 195 Å². The van der Waals surface area contributed by atoms with E-state index in [1.807, 2.05) is 60.8 Å². The van der Waals surface area contributed by atoms with Gasteiger partial charge in [-0.1, -0.05) is 67.6 Å². The number of benzene rings is 2. The monoisotopic (exact) mass is 450 g/mol. The molecule has 0 aliphatic rings. The zero-order valence-electron chi connectivity index (χ0n) is 18.6. The number of H-pyrrole nitrogens is 1. The summed E-state index contributed by atoms with van der Waals surface area (Å²) in [4.78, 5) is 22.0. The smallest absolute Gasteiger partial charge is 0.232 e. The van der Waals surface area contributed by atoms with Crippen LogP contribution in [0.1, 0.15) is 41.0 Å². The zero-order chi connectivity index (χ0) is 23.3. The summed E-state index contributed by atoms with van der Waals surface area (Å²) in [7, 11) is 0. The minimum absolute atomic E-state index is 0.182. The average molecular weight is 451 g/mol. The second-order valence-corrected chi connectivity index (χ2v) is 7.77. The Kier molecular flexibility index (Phi) is 5.98. The number of tetrazole rings is 1. The van der Waals surface area contributed by atoms with Gasteiger partial charge in [-0.2, -0.15) is 5.21 Å². The SMILES string of the molecule is CCCn1nc(C(=O)c2ccccc2)nc1Cc1ccc(-c2ccccc2-c2nn[nH]n2)cn1. The molecular formula is C25H22N8O. The van der Waals surface area contributed by atoms with E-state index in [1.165, 1.54) is 0 Å². The van der Waals surface area contributed by atoms with Gasteiger partial charge in [-0.05, 0) is 23.3 Å². The number of rotatable bonds is 8. The molecule has 0 amide bonds. The third-order valence-corrected chi connectivity index (χ3v) is 5.41. The topological polar surface area (TPSA) is 115 Å². The van der Waals surface area contributed by atoms with Gasteiger partial charge in [-0.3, -0.25) is 9.78 Å². The van der Waals surface area contributed by atoms with Crippen LogP contribution in [-0.4, -0.2) is 46.2 Å². The lowest BCUT2D eigenvalue weighted by atomic mass is 10.0. The molecule has 34 heavy (non-hydrogen) atoms. The summed E-state index contributed by atoms with van der Waals surface area (Å²) >= 11 is 0. The number of hydrogen-bond donors (Lipinski definition) is 1. The lowest BCUT2D eigenvalue weighted by Crippen LogP contribution is -2.07. The second kappa shape index (κ2) is 9.53. The number of nitrogens with one attached hydrogen (secondary N) is 1. The molecule has 9 heteroatoms. The first-order valence-corrected chi connectivity index (χ1v) is 11.0. The van der Waals surface area contributed by atoms with Crippen LogP contribution < -0.4 is 0 Å². The third-order valence-electron chi connectivity index (χ3n) is 5.41. The van der Waals surface area contributed by atoms with Gasteiger partial charge in [-0.25, -0.2) is 9.67 Å². The van der Waals surface area contributed by atoms with Gasteiger partial charge < -0.3 is 0 Å². The van der Waals surface area contributed by atoms with E-state index in [2.05, 4.69) is 42.6 Å². The summed E-state index contributed by atoms with van der Waals surface area (Å²) < 4.78 is 1.80. The Morgan fingerprint density at radius 2 is 1.76 bits per heavy atom. The van der Waals surface area contributed by atoms with Gasteiger partial charge in [0.25, 0.3) is 0 Å². The van der Waals surface area contributed by atoms with Crippen molar-refractivity contribution in [3.8, 4) is 22.5 Å². The van der Waals surface area contributed by atoms with Crippen molar-refractivity contribution in [1.29, 1.82) is 0 Å². The van der Waals surface area contributed by atoms with Crippen LogP contribution in [0.2, 0.25) is 0 Å². The Hall–Kier alpha value is -4.53. The summed E-state index contributed by atoms with van der Waals surface area (Å²) in [5.41, 5.74) is 4.19. The molecule has 2 aromatic carbocycles. The van der Waals surface area contributed by atoms with E-state index >= 15 is 0 Å². The van der Waals surface area contributed by atoms with Gasteiger partial charge in [0.1, 0.15) is 5.82 Å². The minimum atomic E-state index is -0.182. The van der Waals surface area contributed by atoms with Gasteiger partial charge >= 0.3 is 0 Å². The van der Waals surface area contributed by atoms with E-state index in [1.54, 1.807) is 16.8 Å². The molecule has 0 atom stereocenters. The molecule has 0 spiro atoms. The third kappa shape index (κ3) is 4.36. The molecule has 1 N–H and O–H groups in total. The number of carbonyl (C=O) groups is 1. The van der Waals surface area contributed by atoms with E-state index < -0.39 is 0 Å².